The summed E-state index contributed by atoms with van der Waals surface area (Å²) < 4.78 is 38.2. The average Bonchev–Trinajstić information content (AvgIpc) is 2.59. The number of carbonyl (C=O) groups is 2. The Hall–Kier alpha value is -2.94. The number of nitrogens with zero attached hydrogens (tertiary/aromatic N) is 1. The number of halogens is 1. The summed E-state index contributed by atoms with van der Waals surface area (Å²) in [7, 11) is -3.79. The fourth-order valence-corrected chi connectivity index (χ4v) is 3.31. The number of carbonyl (C=O) groups excluding carboxylic acids is 2. The summed E-state index contributed by atoms with van der Waals surface area (Å²) in [5.41, 5.74) is 0.681. The summed E-state index contributed by atoms with van der Waals surface area (Å²) in [5.74, 6) is -1.52. The minimum atomic E-state index is -3.79. The van der Waals surface area contributed by atoms with Crippen molar-refractivity contribution >= 4 is 33.2 Å². The van der Waals surface area contributed by atoms with Gasteiger partial charge in [-0.15, -0.1) is 0 Å². The van der Waals surface area contributed by atoms with Crippen LogP contribution in [0.25, 0.3) is 0 Å². The van der Waals surface area contributed by atoms with Crippen LogP contribution in [0.1, 0.15) is 24.2 Å². The molecule has 9 heteroatoms. The van der Waals surface area contributed by atoms with Gasteiger partial charge in [0.2, 0.25) is 15.9 Å². The first-order valence-corrected chi connectivity index (χ1v) is 10.4. The smallest absolute Gasteiger partial charge is 0.253 e. The van der Waals surface area contributed by atoms with Crippen LogP contribution in [0.15, 0.2) is 48.5 Å². The first kappa shape index (κ1) is 21.4. The standard InChI is InChI=1S/C19H22FN3O4S/c1-13(2)21-19(25)16-6-4-5-7-17(16)22-18(24)12-23(28(3,26)27)15-10-8-14(20)9-11-15/h4-11,13H,12H2,1-3H3,(H,21,25)(H,22,24). The van der Waals surface area contributed by atoms with Crippen LogP contribution in [0.4, 0.5) is 15.8 Å². The van der Waals surface area contributed by atoms with Gasteiger partial charge in [0.15, 0.2) is 0 Å². The molecule has 150 valence electrons. The van der Waals surface area contributed by atoms with Crippen LogP contribution in [0.2, 0.25) is 0 Å². The van der Waals surface area contributed by atoms with Gasteiger partial charge >= 0.3 is 0 Å². The van der Waals surface area contributed by atoms with E-state index in [-0.39, 0.29) is 28.9 Å². The number of hydrogen-bond acceptors (Lipinski definition) is 4. The monoisotopic (exact) mass is 407 g/mol. The second-order valence-corrected chi connectivity index (χ2v) is 8.37. The van der Waals surface area contributed by atoms with Crippen molar-refractivity contribution in [2.24, 2.45) is 0 Å². The second kappa shape index (κ2) is 8.83. The van der Waals surface area contributed by atoms with Gasteiger partial charge in [-0.05, 0) is 50.2 Å². The Bertz CT molecular complexity index is 959. The highest BCUT2D eigenvalue weighted by Gasteiger charge is 2.22. The maximum atomic E-state index is 13.1. The van der Waals surface area contributed by atoms with Crippen molar-refractivity contribution in [1.29, 1.82) is 0 Å². The molecular weight excluding hydrogens is 385 g/mol. The molecule has 0 radical (unpaired) electrons. The maximum Gasteiger partial charge on any atom is 0.253 e. The van der Waals surface area contributed by atoms with E-state index in [1.165, 1.54) is 12.1 Å². The maximum absolute atomic E-state index is 13.1. The highest BCUT2D eigenvalue weighted by atomic mass is 32.2. The summed E-state index contributed by atoms with van der Waals surface area (Å²) >= 11 is 0. The van der Waals surface area contributed by atoms with E-state index >= 15 is 0 Å². The zero-order valence-corrected chi connectivity index (χ0v) is 16.6. The molecule has 0 bridgehead atoms. The van der Waals surface area contributed by atoms with Crippen LogP contribution in [0.3, 0.4) is 0 Å². The van der Waals surface area contributed by atoms with E-state index in [1.54, 1.807) is 24.3 Å². The molecule has 0 aliphatic heterocycles. The van der Waals surface area contributed by atoms with E-state index in [1.807, 2.05) is 13.8 Å². The molecule has 0 fully saturated rings. The van der Waals surface area contributed by atoms with Gasteiger partial charge in [-0.1, -0.05) is 12.1 Å². The quantitative estimate of drug-likeness (QED) is 0.737. The fourth-order valence-electron chi connectivity index (χ4n) is 2.46. The number of anilines is 2. The molecule has 2 aromatic rings. The zero-order chi connectivity index (χ0) is 20.9. The molecule has 0 aliphatic carbocycles. The highest BCUT2D eigenvalue weighted by Crippen LogP contribution is 2.19. The Balaban J connectivity index is 2.22. The zero-order valence-electron chi connectivity index (χ0n) is 15.8. The summed E-state index contributed by atoms with van der Waals surface area (Å²) in [4.78, 5) is 24.8. The van der Waals surface area contributed by atoms with Gasteiger partial charge in [-0.2, -0.15) is 0 Å². The minimum absolute atomic E-state index is 0.0875. The van der Waals surface area contributed by atoms with E-state index < -0.39 is 28.3 Å². The molecule has 0 aromatic heterocycles. The van der Waals surface area contributed by atoms with E-state index in [0.29, 0.717) is 0 Å². The molecule has 28 heavy (non-hydrogen) atoms. The Kier molecular flexibility index (Phi) is 6.74. The number of amides is 2. The molecule has 0 heterocycles. The first-order valence-electron chi connectivity index (χ1n) is 8.51. The van der Waals surface area contributed by atoms with Gasteiger partial charge in [-0.25, -0.2) is 12.8 Å². The predicted molar refractivity (Wildman–Crippen MR) is 106 cm³/mol. The van der Waals surface area contributed by atoms with Crippen LogP contribution < -0.4 is 14.9 Å². The van der Waals surface area contributed by atoms with Crippen molar-refractivity contribution in [3.63, 3.8) is 0 Å². The molecule has 0 saturated heterocycles. The number of benzene rings is 2. The number of para-hydroxylation sites is 1. The van der Waals surface area contributed by atoms with Crippen LogP contribution in [0.5, 0.6) is 0 Å². The van der Waals surface area contributed by atoms with Crippen molar-refractivity contribution < 1.29 is 22.4 Å². The van der Waals surface area contributed by atoms with Crippen molar-refractivity contribution in [1.82, 2.24) is 5.32 Å². The molecule has 0 spiro atoms. The van der Waals surface area contributed by atoms with Crippen molar-refractivity contribution in [3.05, 3.63) is 59.9 Å². The third-order valence-corrected chi connectivity index (χ3v) is 4.81. The summed E-state index contributed by atoms with van der Waals surface area (Å²) in [6.07, 6.45) is 0.952. The van der Waals surface area contributed by atoms with Crippen molar-refractivity contribution in [2.45, 2.75) is 19.9 Å². The molecule has 0 unspecified atom stereocenters. The SMILES string of the molecule is CC(C)NC(=O)c1ccccc1NC(=O)CN(c1ccc(F)cc1)S(C)(=O)=O. The lowest BCUT2D eigenvalue weighted by molar-refractivity contribution is -0.114. The number of rotatable bonds is 7. The average molecular weight is 407 g/mol. The normalized spacial score (nSPS) is 11.2. The van der Waals surface area contributed by atoms with Crippen molar-refractivity contribution in [2.75, 3.05) is 22.4 Å². The molecule has 0 atom stereocenters. The Morgan fingerprint density at radius 3 is 2.25 bits per heavy atom. The molecule has 2 N–H and O–H groups in total. The van der Waals surface area contributed by atoms with Gasteiger partial charge in [0.05, 0.1) is 23.2 Å². The molecule has 2 amide bonds. The Morgan fingerprint density at radius 2 is 1.68 bits per heavy atom. The minimum Gasteiger partial charge on any atom is -0.350 e. The number of sulfonamides is 1. The number of nitrogens with one attached hydrogen (secondary N) is 2. The van der Waals surface area contributed by atoms with Gasteiger partial charge in [0.1, 0.15) is 12.4 Å². The predicted octanol–water partition coefficient (Wildman–Crippen LogP) is 2.37. The van der Waals surface area contributed by atoms with E-state index in [4.69, 9.17) is 0 Å². The molecule has 0 aliphatic rings. The van der Waals surface area contributed by atoms with Crippen LogP contribution in [-0.2, 0) is 14.8 Å². The Morgan fingerprint density at radius 1 is 1.07 bits per heavy atom. The summed E-state index contributed by atoms with van der Waals surface area (Å²) in [6, 6.07) is 11.1. The van der Waals surface area contributed by atoms with E-state index in [2.05, 4.69) is 10.6 Å². The number of hydrogen-bond donors (Lipinski definition) is 2. The highest BCUT2D eigenvalue weighted by molar-refractivity contribution is 7.92. The molecule has 2 rings (SSSR count). The topological polar surface area (TPSA) is 95.6 Å². The lowest BCUT2D eigenvalue weighted by Crippen LogP contribution is -2.38. The van der Waals surface area contributed by atoms with E-state index in [9.17, 15) is 22.4 Å². The second-order valence-electron chi connectivity index (χ2n) is 6.47. The van der Waals surface area contributed by atoms with Gasteiger partial charge in [0, 0.05) is 6.04 Å². The van der Waals surface area contributed by atoms with E-state index in [0.717, 1.165) is 22.7 Å². The first-order chi connectivity index (χ1) is 13.1. The van der Waals surface area contributed by atoms with Crippen molar-refractivity contribution in [3.8, 4) is 0 Å². The molecular formula is C19H22FN3O4S. The lowest BCUT2D eigenvalue weighted by Gasteiger charge is -2.22. The van der Waals surface area contributed by atoms with Gasteiger partial charge in [-0.3, -0.25) is 13.9 Å². The third kappa shape index (κ3) is 5.78. The fraction of sp³-hybridized carbons (Fsp3) is 0.263. The summed E-state index contributed by atoms with van der Waals surface area (Å²) in [6.45, 7) is 3.10. The summed E-state index contributed by atoms with van der Waals surface area (Å²) in [5, 5.41) is 5.31. The Labute approximate surface area is 163 Å². The molecule has 7 nitrogen and oxygen atoms in total. The molecule has 2 aromatic carbocycles. The van der Waals surface area contributed by atoms with Crippen LogP contribution >= 0.6 is 0 Å². The third-order valence-electron chi connectivity index (χ3n) is 3.67. The van der Waals surface area contributed by atoms with Crippen LogP contribution in [-0.4, -0.2) is 39.1 Å². The van der Waals surface area contributed by atoms with Crippen LogP contribution in [0, 0.1) is 5.82 Å². The largest absolute Gasteiger partial charge is 0.350 e. The lowest BCUT2D eigenvalue weighted by atomic mass is 10.1. The molecule has 0 saturated carbocycles. The van der Waals surface area contributed by atoms with Gasteiger partial charge in [0.25, 0.3) is 5.91 Å². The van der Waals surface area contributed by atoms with Gasteiger partial charge < -0.3 is 10.6 Å².